The van der Waals surface area contributed by atoms with Crippen molar-refractivity contribution in [2.24, 2.45) is 5.73 Å². The van der Waals surface area contributed by atoms with Crippen LogP contribution in [-0.2, 0) is 35.5 Å². The van der Waals surface area contributed by atoms with Crippen molar-refractivity contribution in [1.82, 2.24) is 25.3 Å². The Morgan fingerprint density at radius 2 is 1.76 bits per heavy atom. The standard InChI is InChI=1S/C28H33F4N7O3/c29-14-19-11-20(13-21(12-19)28(30,31)32)15-36-27(42)38-10-8-24(40)39-22(7-4-9-35-26(33)34)25(41)37(17-23(38)39)16-18-5-2-1-3-6-18/h1-3,5-6,11-13,22-23H,4,7-10,14-17H2,(H,36,42)(H4,33,34,35)/t22-,23+/m0/s1. The molecule has 42 heavy (non-hydrogen) atoms. The summed E-state index contributed by atoms with van der Waals surface area (Å²) in [6.07, 6.45) is -4.83. The number of amides is 4. The van der Waals surface area contributed by atoms with Crippen LogP contribution in [0.25, 0.3) is 0 Å². The monoisotopic (exact) mass is 591 g/mol. The lowest BCUT2D eigenvalue weighted by Gasteiger charge is -2.52. The van der Waals surface area contributed by atoms with Crippen LogP contribution >= 0.6 is 0 Å². The second-order valence-corrected chi connectivity index (χ2v) is 10.3. The second kappa shape index (κ2) is 13.1. The highest BCUT2D eigenvalue weighted by Gasteiger charge is 2.48. The number of alkyl halides is 4. The lowest BCUT2D eigenvalue weighted by atomic mass is 9.99. The number of benzene rings is 2. The number of fused-ring (bicyclic) bond motifs is 1. The van der Waals surface area contributed by atoms with Gasteiger partial charge >= 0.3 is 12.2 Å². The zero-order valence-corrected chi connectivity index (χ0v) is 22.8. The number of nitrogens with two attached hydrogens (primary N) is 1. The lowest BCUT2D eigenvalue weighted by Crippen LogP contribution is -2.71. The van der Waals surface area contributed by atoms with E-state index >= 15 is 0 Å². The molecule has 0 aromatic heterocycles. The van der Waals surface area contributed by atoms with Gasteiger partial charge in [0.2, 0.25) is 11.8 Å². The van der Waals surface area contributed by atoms with Crippen molar-refractivity contribution in [3.8, 4) is 0 Å². The Hall–Kier alpha value is -4.36. The number of piperazine rings is 1. The largest absolute Gasteiger partial charge is 0.416 e. The summed E-state index contributed by atoms with van der Waals surface area (Å²) in [6.45, 7) is -0.718. The molecule has 0 radical (unpaired) electrons. The molecule has 2 aliphatic rings. The molecule has 2 aliphatic heterocycles. The molecule has 2 heterocycles. The Bertz CT molecular complexity index is 1310. The van der Waals surface area contributed by atoms with E-state index in [2.05, 4.69) is 10.6 Å². The minimum Gasteiger partial charge on any atom is -0.370 e. The number of carbonyl (C=O) groups is 3. The van der Waals surface area contributed by atoms with Crippen LogP contribution in [0.15, 0.2) is 48.5 Å². The number of guanidine groups is 1. The van der Waals surface area contributed by atoms with Crippen LogP contribution in [-0.4, -0.2) is 70.3 Å². The van der Waals surface area contributed by atoms with Crippen molar-refractivity contribution in [1.29, 1.82) is 5.41 Å². The maximum absolute atomic E-state index is 13.6. The van der Waals surface area contributed by atoms with Crippen molar-refractivity contribution in [2.45, 2.75) is 57.4 Å². The van der Waals surface area contributed by atoms with Crippen molar-refractivity contribution >= 4 is 23.8 Å². The van der Waals surface area contributed by atoms with Crippen LogP contribution in [0.2, 0.25) is 0 Å². The van der Waals surface area contributed by atoms with E-state index in [9.17, 15) is 31.9 Å². The number of halogens is 4. The van der Waals surface area contributed by atoms with E-state index < -0.39 is 36.7 Å². The van der Waals surface area contributed by atoms with E-state index in [4.69, 9.17) is 11.1 Å². The Balaban J connectivity index is 1.55. The summed E-state index contributed by atoms with van der Waals surface area (Å²) in [6, 6.07) is 10.6. The van der Waals surface area contributed by atoms with E-state index in [1.165, 1.54) is 15.9 Å². The fourth-order valence-electron chi connectivity index (χ4n) is 5.34. The van der Waals surface area contributed by atoms with Gasteiger partial charge in [0.1, 0.15) is 18.9 Å². The summed E-state index contributed by atoms with van der Waals surface area (Å²) in [5.74, 6) is -0.770. The maximum atomic E-state index is 13.6. The fraction of sp³-hybridized carbons (Fsp3) is 0.429. The van der Waals surface area contributed by atoms with Gasteiger partial charge in [-0.3, -0.25) is 15.0 Å². The molecule has 0 spiro atoms. The van der Waals surface area contributed by atoms with Crippen LogP contribution < -0.4 is 16.4 Å². The molecule has 2 aromatic rings. The second-order valence-electron chi connectivity index (χ2n) is 10.3. The molecule has 2 atom stereocenters. The first-order chi connectivity index (χ1) is 20.0. The molecule has 0 unspecified atom stereocenters. The average Bonchev–Trinajstić information content (AvgIpc) is 2.95. The number of nitrogens with one attached hydrogen (secondary N) is 3. The van der Waals surface area contributed by atoms with Gasteiger partial charge in [-0.1, -0.05) is 36.4 Å². The Morgan fingerprint density at radius 3 is 2.43 bits per heavy atom. The number of hydrogen-bond donors (Lipinski definition) is 4. The van der Waals surface area contributed by atoms with E-state index in [0.717, 1.165) is 17.7 Å². The van der Waals surface area contributed by atoms with Crippen LogP contribution in [0.4, 0.5) is 22.4 Å². The van der Waals surface area contributed by atoms with Gasteiger partial charge in [-0.15, -0.1) is 0 Å². The predicted molar refractivity (Wildman–Crippen MR) is 145 cm³/mol. The van der Waals surface area contributed by atoms with Crippen molar-refractivity contribution in [3.63, 3.8) is 0 Å². The number of rotatable bonds is 9. The number of urea groups is 1. The highest BCUT2D eigenvalue weighted by Crippen LogP contribution is 2.32. The summed E-state index contributed by atoms with van der Waals surface area (Å²) in [4.78, 5) is 44.6. The van der Waals surface area contributed by atoms with Crippen molar-refractivity contribution in [3.05, 3.63) is 70.8 Å². The van der Waals surface area contributed by atoms with Crippen molar-refractivity contribution in [2.75, 3.05) is 19.6 Å². The molecule has 226 valence electrons. The number of carbonyl (C=O) groups excluding carboxylic acids is 3. The van der Waals surface area contributed by atoms with Gasteiger partial charge < -0.3 is 31.1 Å². The molecule has 2 aromatic carbocycles. The summed E-state index contributed by atoms with van der Waals surface area (Å²) < 4.78 is 53.1. The van der Waals surface area contributed by atoms with Gasteiger partial charge in [-0.05, 0) is 41.7 Å². The Labute approximate surface area is 240 Å². The first-order valence-corrected chi connectivity index (χ1v) is 13.5. The summed E-state index contributed by atoms with van der Waals surface area (Å²) >= 11 is 0. The average molecular weight is 592 g/mol. The predicted octanol–water partition coefficient (Wildman–Crippen LogP) is 2.92. The third-order valence-electron chi connectivity index (χ3n) is 7.28. The van der Waals surface area contributed by atoms with E-state index in [0.29, 0.717) is 13.0 Å². The molecule has 14 heteroatoms. The van der Waals surface area contributed by atoms with Crippen LogP contribution in [0, 0.1) is 5.41 Å². The quantitative estimate of drug-likeness (QED) is 0.154. The topological polar surface area (TPSA) is 135 Å². The van der Waals surface area contributed by atoms with Crippen molar-refractivity contribution < 1.29 is 31.9 Å². The summed E-state index contributed by atoms with van der Waals surface area (Å²) in [5.41, 5.74) is 5.12. The van der Waals surface area contributed by atoms with E-state index in [1.54, 1.807) is 4.90 Å². The fourth-order valence-corrected chi connectivity index (χ4v) is 5.34. The molecule has 0 bridgehead atoms. The van der Waals surface area contributed by atoms with Gasteiger partial charge in [-0.2, -0.15) is 13.2 Å². The third-order valence-corrected chi connectivity index (χ3v) is 7.28. The minimum atomic E-state index is -4.68. The molecular formula is C28H33F4N7O3. The molecule has 2 fully saturated rings. The zero-order valence-electron chi connectivity index (χ0n) is 22.8. The molecular weight excluding hydrogens is 558 g/mol. The first-order valence-electron chi connectivity index (χ1n) is 13.5. The lowest BCUT2D eigenvalue weighted by molar-refractivity contribution is -0.167. The molecule has 2 saturated heterocycles. The molecule has 0 aliphatic carbocycles. The Kier molecular flexibility index (Phi) is 9.53. The van der Waals surface area contributed by atoms with Gasteiger partial charge in [0.05, 0.1) is 12.1 Å². The molecule has 5 N–H and O–H groups in total. The van der Waals surface area contributed by atoms with Gasteiger partial charge in [0.25, 0.3) is 0 Å². The highest BCUT2D eigenvalue weighted by atomic mass is 19.4. The van der Waals surface area contributed by atoms with Crippen LogP contribution in [0.3, 0.4) is 0 Å². The third kappa shape index (κ3) is 7.28. The zero-order chi connectivity index (χ0) is 30.4. The molecule has 4 rings (SSSR count). The first kappa shape index (κ1) is 30.6. The maximum Gasteiger partial charge on any atom is 0.416 e. The minimum absolute atomic E-state index is 0.0341. The van der Waals surface area contributed by atoms with E-state index in [1.807, 2.05) is 30.3 Å². The summed E-state index contributed by atoms with van der Waals surface area (Å²) in [5, 5.41) is 12.6. The molecule has 0 saturated carbocycles. The van der Waals surface area contributed by atoms with Gasteiger partial charge in [0, 0.05) is 32.6 Å². The van der Waals surface area contributed by atoms with Crippen LogP contribution in [0.5, 0.6) is 0 Å². The van der Waals surface area contributed by atoms with Gasteiger partial charge in [0.15, 0.2) is 5.96 Å². The number of nitrogens with zero attached hydrogens (tertiary/aromatic N) is 3. The smallest absolute Gasteiger partial charge is 0.370 e. The van der Waals surface area contributed by atoms with Gasteiger partial charge in [-0.25, -0.2) is 9.18 Å². The normalized spacial score (nSPS) is 19.0. The highest BCUT2D eigenvalue weighted by molar-refractivity contribution is 5.91. The number of hydrogen-bond acceptors (Lipinski definition) is 4. The molecule has 4 amide bonds. The van der Waals surface area contributed by atoms with Crippen LogP contribution in [0.1, 0.15) is 41.5 Å². The SMILES string of the molecule is N=C(N)NCCC[C@H]1C(=O)N(Cc2ccccc2)C[C@@H]2N(C(=O)NCc3cc(CF)cc(C(F)(F)F)c3)CCC(=O)N21. The van der Waals surface area contributed by atoms with E-state index in [-0.39, 0.29) is 67.9 Å². The Morgan fingerprint density at radius 1 is 1.05 bits per heavy atom. The molecule has 10 nitrogen and oxygen atoms in total. The summed E-state index contributed by atoms with van der Waals surface area (Å²) in [7, 11) is 0.